The number of nitrogens with one attached hydrogen (secondary N) is 1. The lowest BCUT2D eigenvalue weighted by Gasteiger charge is -2.07. The van der Waals surface area contributed by atoms with Crippen molar-refractivity contribution in [1.29, 1.82) is 0 Å². The number of aromatic nitrogens is 1. The maximum Gasteiger partial charge on any atom is 0.134 e. The molecule has 0 spiro atoms. The molecule has 88 valence electrons. The molecule has 0 unspecified atom stereocenters. The van der Waals surface area contributed by atoms with Crippen molar-refractivity contribution in [2.45, 2.75) is 0 Å². The van der Waals surface area contributed by atoms with Gasteiger partial charge in [-0.25, -0.2) is 4.98 Å². The maximum atomic E-state index is 5.81. The van der Waals surface area contributed by atoms with Gasteiger partial charge in [-0.05, 0) is 30.3 Å². The first kappa shape index (κ1) is 11.5. The molecule has 2 rings (SSSR count). The Morgan fingerprint density at radius 1 is 1.24 bits per heavy atom. The molecule has 0 radical (unpaired) electrons. The molecule has 0 aliphatic carbocycles. The normalized spacial score (nSPS) is 10.0. The summed E-state index contributed by atoms with van der Waals surface area (Å²) in [6, 6.07) is 10.8. The first-order valence-corrected chi connectivity index (χ1v) is 5.39. The predicted molar refractivity (Wildman–Crippen MR) is 69.9 cm³/mol. The van der Waals surface area contributed by atoms with Crippen LogP contribution in [0.1, 0.15) is 0 Å². The Kier molecular flexibility index (Phi) is 3.35. The maximum absolute atomic E-state index is 5.81. The number of halogens is 1. The highest BCUT2D eigenvalue weighted by molar-refractivity contribution is 6.29. The molecule has 0 bridgehead atoms. The molecule has 17 heavy (non-hydrogen) atoms. The van der Waals surface area contributed by atoms with Gasteiger partial charge in [0, 0.05) is 17.4 Å². The molecular formula is C12H12ClN3O. The Morgan fingerprint density at radius 2 is 1.94 bits per heavy atom. The summed E-state index contributed by atoms with van der Waals surface area (Å²) in [5.74, 6) is 1.41. The molecule has 0 atom stereocenters. The molecule has 0 saturated carbocycles. The molecule has 5 heteroatoms. The fraction of sp³-hybridized carbons (Fsp3) is 0.0833. The molecule has 0 aliphatic rings. The van der Waals surface area contributed by atoms with Crippen molar-refractivity contribution >= 4 is 28.8 Å². The minimum atomic E-state index is 0.362. The predicted octanol–water partition coefficient (Wildman–Crippen LogP) is 3.07. The van der Waals surface area contributed by atoms with Crippen LogP contribution in [0.4, 0.5) is 17.2 Å². The highest BCUT2D eigenvalue weighted by atomic mass is 35.5. The summed E-state index contributed by atoms with van der Waals surface area (Å²) in [7, 11) is 1.63. The van der Waals surface area contributed by atoms with Gasteiger partial charge in [0.15, 0.2) is 0 Å². The van der Waals surface area contributed by atoms with Crippen molar-refractivity contribution in [3.63, 3.8) is 0 Å². The molecule has 0 fully saturated rings. The van der Waals surface area contributed by atoms with Gasteiger partial charge in [-0.3, -0.25) is 0 Å². The molecule has 3 N–H and O–H groups in total. The van der Waals surface area contributed by atoms with E-state index in [-0.39, 0.29) is 0 Å². The highest BCUT2D eigenvalue weighted by Crippen LogP contribution is 2.21. The summed E-state index contributed by atoms with van der Waals surface area (Å²) in [4.78, 5) is 4.11. The van der Waals surface area contributed by atoms with E-state index in [0.29, 0.717) is 16.7 Å². The summed E-state index contributed by atoms with van der Waals surface area (Å²) < 4.78 is 5.07. The second kappa shape index (κ2) is 4.93. The number of nitrogen functional groups attached to an aromatic ring is 1. The van der Waals surface area contributed by atoms with E-state index in [4.69, 9.17) is 22.1 Å². The Balaban J connectivity index is 2.19. The SMILES string of the molecule is COc1ccc(Nc2cc(N)cc(Cl)n2)cc1. The van der Waals surface area contributed by atoms with E-state index < -0.39 is 0 Å². The lowest BCUT2D eigenvalue weighted by atomic mass is 10.3. The minimum absolute atomic E-state index is 0.362. The van der Waals surface area contributed by atoms with E-state index in [0.717, 1.165) is 11.4 Å². The topological polar surface area (TPSA) is 60.2 Å². The fourth-order valence-electron chi connectivity index (χ4n) is 1.40. The van der Waals surface area contributed by atoms with Gasteiger partial charge in [-0.1, -0.05) is 11.6 Å². The smallest absolute Gasteiger partial charge is 0.134 e. The summed E-state index contributed by atoms with van der Waals surface area (Å²) in [6.45, 7) is 0. The number of rotatable bonds is 3. The lowest BCUT2D eigenvalue weighted by molar-refractivity contribution is 0.415. The van der Waals surface area contributed by atoms with Gasteiger partial charge in [0.2, 0.25) is 0 Å². The van der Waals surface area contributed by atoms with Crippen LogP contribution in [0.25, 0.3) is 0 Å². The van der Waals surface area contributed by atoms with Crippen molar-refractivity contribution < 1.29 is 4.74 Å². The number of nitrogens with two attached hydrogens (primary N) is 1. The highest BCUT2D eigenvalue weighted by Gasteiger charge is 2.00. The van der Waals surface area contributed by atoms with Gasteiger partial charge in [-0.2, -0.15) is 0 Å². The van der Waals surface area contributed by atoms with Crippen LogP contribution in [0.3, 0.4) is 0 Å². The molecule has 1 aromatic carbocycles. The molecule has 1 heterocycles. The van der Waals surface area contributed by atoms with Crippen molar-refractivity contribution in [2.24, 2.45) is 0 Å². The second-order valence-corrected chi connectivity index (χ2v) is 3.85. The average Bonchev–Trinajstić information content (AvgIpc) is 2.28. The molecule has 4 nitrogen and oxygen atoms in total. The van der Waals surface area contributed by atoms with Crippen LogP contribution in [-0.2, 0) is 0 Å². The summed E-state index contributed by atoms with van der Waals surface area (Å²) >= 11 is 5.81. The van der Waals surface area contributed by atoms with Gasteiger partial charge in [-0.15, -0.1) is 0 Å². The van der Waals surface area contributed by atoms with Gasteiger partial charge >= 0.3 is 0 Å². The van der Waals surface area contributed by atoms with Crippen molar-refractivity contribution in [3.05, 3.63) is 41.6 Å². The standard InChI is InChI=1S/C12H12ClN3O/c1-17-10-4-2-9(3-5-10)15-12-7-8(14)6-11(13)16-12/h2-7H,1H3,(H3,14,15,16). The van der Waals surface area contributed by atoms with Gasteiger partial charge in [0.05, 0.1) is 7.11 Å². The molecule has 1 aromatic heterocycles. The third-order valence-electron chi connectivity index (χ3n) is 2.18. The van der Waals surface area contributed by atoms with E-state index in [1.165, 1.54) is 0 Å². The number of pyridine rings is 1. The Bertz CT molecular complexity index is 493. The van der Waals surface area contributed by atoms with Crippen LogP contribution >= 0.6 is 11.6 Å². The first-order chi connectivity index (χ1) is 8.17. The van der Waals surface area contributed by atoms with E-state index in [1.54, 1.807) is 19.2 Å². The van der Waals surface area contributed by atoms with Crippen LogP contribution in [0.5, 0.6) is 5.75 Å². The zero-order valence-electron chi connectivity index (χ0n) is 9.27. The fourth-order valence-corrected chi connectivity index (χ4v) is 1.62. The number of anilines is 3. The Morgan fingerprint density at radius 3 is 2.53 bits per heavy atom. The third-order valence-corrected chi connectivity index (χ3v) is 2.37. The first-order valence-electron chi connectivity index (χ1n) is 5.01. The summed E-state index contributed by atoms with van der Waals surface area (Å²) in [5.41, 5.74) is 7.13. The van der Waals surface area contributed by atoms with Crippen LogP contribution < -0.4 is 15.8 Å². The number of ether oxygens (including phenoxy) is 1. The van der Waals surface area contributed by atoms with E-state index in [2.05, 4.69) is 10.3 Å². The lowest BCUT2D eigenvalue weighted by Crippen LogP contribution is -1.96. The molecule has 0 aliphatic heterocycles. The summed E-state index contributed by atoms with van der Waals surface area (Å²) in [6.07, 6.45) is 0. The number of hydrogen-bond donors (Lipinski definition) is 2. The zero-order chi connectivity index (χ0) is 12.3. The number of benzene rings is 1. The van der Waals surface area contributed by atoms with Crippen LogP contribution in [0.2, 0.25) is 5.15 Å². The summed E-state index contributed by atoms with van der Waals surface area (Å²) in [5, 5.41) is 3.47. The molecular weight excluding hydrogens is 238 g/mol. The number of methoxy groups -OCH3 is 1. The average molecular weight is 250 g/mol. The second-order valence-electron chi connectivity index (χ2n) is 3.46. The van der Waals surface area contributed by atoms with Crippen molar-refractivity contribution in [1.82, 2.24) is 4.98 Å². The van der Waals surface area contributed by atoms with Crippen molar-refractivity contribution in [2.75, 3.05) is 18.2 Å². The van der Waals surface area contributed by atoms with Crippen LogP contribution in [0.15, 0.2) is 36.4 Å². The van der Waals surface area contributed by atoms with Crippen molar-refractivity contribution in [3.8, 4) is 5.75 Å². The van der Waals surface area contributed by atoms with E-state index in [9.17, 15) is 0 Å². The van der Waals surface area contributed by atoms with Crippen LogP contribution in [-0.4, -0.2) is 12.1 Å². The zero-order valence-corrected chi connectivity index (χ0v) is 10.0. The minimum Gasteiger partial charge on any atom is -0.497 e. The van der Waals surface area contributed by atoms with Gasteiger partial charge < -0.3 is 15.8 Å². The number of nitrogens with zero attached hydrogens (tertiary/aromatic N) is 1. The van der Waals surface area contributed by atoms with Gasteiger partial charge in [0.25, 0.3) is 0 Å². The number of hydrogen-bond acceptors (Lipinski definition) is 4. The quantitative estimate of drug-likeness (QED) is 0.821. The van der Waals surface area contributed by atoms with Crippen LogP contribution in [0, 0.1) is 0 Å². The van der Waals surface area contributed by atoms with Gasteiger partial charge in [0.1, 0.15) is 16.7 Å². The van der Waals surface area contributed by atoms with E-state index >= 15 is 0 Å². The molecule has 0 saturated heterocycles. The molecule has 0 amide bonds. The van der Waals surface area contributed by atoms with E-state index in [1.807, 2.05) is 24.3 Å². The largest absolute Gasteiger partial charge is 0.497 e. The Labute approximate surface area is 104 Å². The Hall–Kier alpha value is -1.94. The monoisotopic (exact) mass is 249 g/mol. The molecule has 2 aromatic rings. The third kappa shape index (κ3) is 3.01.